The van der Waals surface area contributed by atoms with Crippen molar-refractivity contribution in [1.82, 2.24) is 10.4 Å². The van der Waals surface area contributed by atoms with Crippen molar-refractivity contribution in [3.8, 4) is 0 Å². The van der Waals surface area contributed by atoms with Crippen LogP contribution in [0.1, 0.15) is 27.7 Å². The van der Waals surface area contributed by atoms with Gasteiger partial charge >= 0.3 is 0 Å². The lowest BCUT2D eigenvalue weighted by atomic mass is 10.0. The van der Waals surface area contributed by atoms with Crippen LogP contribution in [0.2, 0.25) is 0 Å². The van der Waals surface area contributed by atoms with Crippen molar-refractivity contribution < 1.29 is 10.0 Å². The van der Waals surface area contributed by atoms with Gasteiger partial charge in [0, 0.05) is 5.70 Å². The monoisotopic (exact) mass is 184 g/mol. The molecule has 0 saturated carbocycles. The number of allylic oxidation sites excluding steroid dienone is 1. The molecule has 0 aromatic heterocycles. The maximum absolute atomic E-state index is 10.3. The summed E-state index contributed by atoms with van der Waals surface area (Å²) < 4.78 is 0. The second kappa shape index (κ2) is 2.82. The summed E-state index contributed by atoms with van der Waals surface area (Å²) in [5, 5.41) is 14.1. The highest BCUT2D eigenvalue weighted by molar-refractivity contribution is 5.67. The minimum Gasteiger partial charge on any atom is -0.367 e. The molecule has 0 bridgehead atoms. The van der Waals surface area contributed by atoms with E-state index in [4.69, 9.17) is 0 Å². The molecule has 13 heavy (non-hydrogen) atoms. The highest BCUT2D eigenvalue weighted by atomic mass is 16.5. The van der Waals surface area contributed by atoms with Crippen LogP contribution in [-0.4, -0.2) is 27.8 Å². The lowest BCUT2D eigenvalue weighted by Crippen LogP contribution is -2.48. The Bertz CT molecular complexity index is 256. The number of hydrogen-bond acceptors (Lipinski definition) is 4. The van der Waals surface area contributed by atoms with Crippen LogP contribution in [0.25, 0.3) is 0 Å². The molecule has 1 rings (SSSR count). The Morgan fingerprint density at radius 1 is 1.38 bits per heavy atom. The van der Waals surface area contributed by atoms with E-state index < -0.39 is 11.2 Å². The average Bonchev–Trinajstić information content (AvgIpc) is 2.14. The van der Waals surface area contributed by atoms with E-state index in [1.165, 1.54) is 11.1 Å². The summed E-state index contributed by atoms with van der Waals surface area (Å²) in [7, 11) is 0. The summed E-state index contributed by atoms with van der Waals surface area (Å²) in [6, 6.07) is 0. The molecule has 1 fully saturated rings. The average molecular weight is 184 g/mol. The third-order valence-electron chi connectivity index (χ3n) is 2.39. The van der Waals surface area contributed by atoms with Crippen molar-refractivity contribution >= 4 is 6.29 Å². The number of carbonyl (C=O) groups excluding carboxylic acids is 1. The van der Waals surface area contributed by atoms with Crippen LogP contribution < -0.4 is 5.32 Å². The predicted molar refractivity (Wildman–Crippen MR) is 49.1 cm³/mol. The summed E-state index contributed by atoms with van der Waals surface area (Å²) >= 11 is 0. The first kappa shape index (κ1) is 10.2. The second-order valence-corrected chi connectivity index (χ2v) is 4.27. The van der Waals surface area contributed by atoms with Gasteiger partial charge in [0.2, 0.25) is 0 Å². The highest BCUT2D eigenvalue weighted by Gasteiger charge is 2.47. The number of rotatable bonds is 1. The van der Waals surface area contributed by atoms with Gasteiger partial charge in [-0.2, -0.15) is 5.06 Å². The van der Waals surface area contributed by atoms with E-state index in [1.54, 1.807) is 0 Å². The van der Waals surface area contributed by atoms with E-state index in [1.807, 2.05) is 27.7 Å². The first-order chi connectivity index (χ1) is 5.82. The van der Waals surface area contributed by atoms with Gasteiger partial charge in [0.05, 0.1) is 5.54 Å². The van der Waals surface area contributed by atoms with Gasteiger partial charge in [-0.15, -0.1) is 0 Å². The summed E-state index contributed by atoms with van der Waals surface area (Å²) in [6.45, 7) is 7.40. The van der Waals surface area contributed by atoms with Crippen molar-refractivity contribution in [2.24, 2.45) is 0 Å². The molecule has 0 aromatic carbocycles. The Hall–Kier alpha value is -0.870. The van der Waals surface area contributed by atoms with Gasteiger partial charge in [0.1, 0.15) is 11.9 Å². The zero-order chi connectivity index (χ0) is 10.3. The fraction of sp³-hybridized carbons (Fsp3) is 0.667. The number of carbonyl (C=O) groups is 1. The smallest absolute Gasteiger partial charge is 0.144 e. The van der Waals surface area contributed by atoms with E-state index in [0.29, 0.717) is 0 Å². The quantitative estimate of drug-likeness (QED) is 0.469. The summed E-state index contributed by atoms with van der Waals surface area (Å²) in [4.78, 5) is 10.3. The van der Waals surface area contributed by atoms with E-state index >= 15 is 0 Å². The summed E-state index contributed by atoms with van der Waals surface area (Å²) in [5.41, 5.74) is -0.335. The van der Waals surface area contributed by atoms with E-state index in [-0.39, 0.29) is 0 Å². The van der Waals surface area contributed by atoms with Crippen LogP contribution >= 0.6 is 0 Å². The normalized spacial score (nSPS) is 28.8. The minimum absolute atomic E-state index is 0.529. The lowest BCUT2D eigenvalue weighted by Gasteiger charge is -2.31. The van der Waals surface area contributed by atoms with Gasteiger partial charge in [0.15, 0.2) is 0 Å². The zero-order valence-electron chi connectivity index (χ0n) is 8.46. The number of nitrogens with zero attached hydrogens (tertiary/aromatic N) is 1. The predicted octanol–water partition coefficient (Wildman–Crippen LogP) is 0.878. The number of hydroxylamine groups is 2. The van der Waals surface area contributed by atoms with E-state index in [2.05, 4.69) is 5.32 Å². The zero-order valence-corrected chi connectivity index (χ0v) is 8.46. The summed E-state index contributed by atoms with van der Waals surface area (Å²) in [6.07, 6.45) is 2.16. The molecule has 4 nitrogen and oxygen atoms in total. The molecule has 4 heteroatoms. The summed E-state index contributed by atoms with van der Waals surface area (Å²) in [5.74, 6) is 0. The van der Waals surface area contributed by atoms with Crippen molar-refractivity contribution in [1.29, 1.82) is 0 Å². The molecule has 0 atom stereocenters. The molecule has 1 aliphatic rings. The third kappa shape index (κ3) is 1.47. The van der Waals surface area contributed by atoms with Crippen LogP contribution in [-0.2, 0) is 4.79 Å². The topological polar surface area (TPSA) is 52.6 Å². The molecule has 0 spiro atoms. The number of aldehydes is 1. The fourth-order valence-corrected chi connectivity index (χ4v) is 1.66. The fourth-order valence-electron chi connectivity index (χ4n) is 1.66. The first-order valence-electron chi connectivity index (χ1n) is 4.25. The maximum atomic E-state index is 10.3. The molecule has 0 aliphatic carbocycles. The highest BCUT2D eigenvalue weighted by Crippen LogP contribution is 2.34. The Morgan fingerprint density at radius 2 is 1.92 bits per heavy atom. The molecule has 2 N–H and O–H groups in total. The molecule has 1 heterocycles. The Kier molecular flexibility index (Phi) is 2.21. The number of hydrogen-bond donors (Lipinski definition) is 2. The van der Waals surface area contributed by atoms with Crippen molar-refractivity contribution in [2.75, 3.05) is 0 Å². The van der Waals surface area contributed by atoms with Crippen LogP contribution in [0.5, 0.6) is 0 Å². The molecule has 74 valence electrons. The Balaban J connectivity index is 3.07. The number of nitrogens with one attached hydrogen (secondary N) is 1. The standard InChI is InChI=1S/C9H16N2O2/c1-8(2)7(5-6-12)10-9(3,4)11(8)13/h5-6,10,13H,1-4H3. The van der Waals surface area contributed by atoms with Crippen LogP contribution in [0, 0.1) is 0 Å². The van der Waals surface area contributed by atoms with Crippen molar-refractivity contribution in [3.05, 3.63) is 11.8 Å². The van der Waals surface area contributed by atoms with Crippen LogP contribution in [0.4, 0.5) is 0 Å². The Morgan fingerprint density at radius 3 is 2.23 bits per heavy atom. The first-order valence-corrected chi connectivity index (χ1v) is 4.25. The molecule has 1 aliphatic heterocycles. The van der Waals surface area contributed by atoms with Crippen molar-refractivity contribution in [2.45, 2.75) is 38.9 Å². The SMILES string of the molecule is CC1(C)NC(=CC=O)C(C)(C)N1O. The molecular weight excluding hydrogens is 168 g/mol. The van der Waals surface area contributed by atoms with Gasteiger partial charge in [-0.25, -0.2) is 0 Å². The van der Waals surface area contributed by atoms with Crippen LogP contribution in [0.15, 0.2) is 11.8 Å². The van der Waals surface area contributed by atoms with Crippen LogP contribution in [0.3, 0.4) is 0 Å². The molecule has 1 saturated heterocycles. The maximum Gasteiger partial charge on any atom is 0.144 e. The second-order valence-electron chi connectivity index (χ2n) is 4.27. The molecule has 0 amide bonds. The largest absolute Gasteiger partial charge is 0.367 e. The molecule has 0 unspecified atom stereocenters. The lowest BCUT2D eigenvalue weighted by molar-refractivity contribution is -0.191. The molecule has 0 radical (unpaired) electrons. The van der Waals surface area contributed by atoms with Crippen molar-refractivity contribution in [3.63, 3.8) is 0 Å². The van der Waals surface area contributed by atoms with E-state index in [9.17, 15) is 10.0 Å². The van der Waals surface area contributed by atoms with Gasteiger partial charge in [0.25, 0.3) is 0 Å². The molecule has 0 aromatic rings. The van der Waals surface area contributed by atoms with Gasteiger partial charge in [-0.3, -0.25) is 4.79 Å². The minimum atomic E-state index is -0.537. The van der Waals surface area contributed by atoms with Gasteiger partial charge in [-0.1, -0.05) is 0 Å². The van der Waals surface area contributed by atoms with Gasteiger partial charge < -0.3 is 10.5 Å². The van der Waals surface area contributed by atoms with E-state index in [0.717, 1.165) is 12.0 Å². The van der Waals surface area contributed by atoms with Gasteiger partial charge in [-0.05, 0) is 33.8 Å². The molecular formula is C9H16N2O2. The Labute approximate surface area is 78.2 Å². The third-order valence-corrected chi connectivity index (χ3v) is 2.39.